The first-order valence-corrected chi connectivity index (χ1v) is 6.40. The van der Waals surface area contributed by atoms with Gasteiger partial charge in [-0.2, -0.15) is 0 Å². The molecule has 3 heterocycles. The number of pyridine rings is 1. The molecule has 0 bridgehead atoms. The number of H-pyrrole nitrogens is 1. The number of nitrogens with zero attached hydrogens (tertiary/aromatic N) is 3. The summed E-state index contributed by atoms with van der Waals surface area (Å²) in [6.45, 7) is 4.42. The fraction of sp³-hybridized carbons (Fsp3) is 0.538. The molecular weight excluding hydrogens is 226 g/mol. The molecule has 3 rings (SSSR count). The Morgan fingerprint density at radius 1 is 1.28 bits per heavy atom. The average Bonchev–Trinajstić information content (AvgIpc) is 2.68. The largest absolute Gasteiger partial charge is 0.363 e. The number of hydrogen-bond donors (Lipinski definition) is 2. The molecule has 0 amide bonds. The molecule has 1 unspecified atom stereocenters. The Morgan fingerprint density at radius 2 is 2.06 bits per heavy atom. The van der Waals surface area contributed by atoms with Crippen molar-refractivity contribution < 1.29 is 0 Å². The van der Waals surface area contributed by atoms with Crippen LogP contribution in [0.3, 0.4) is 0 Å². The van der Waals surface area contributed by atoms with Crippen LogP contribution in [0.2, 0.25) is 0 Å². The van der Waals surface area contributed by atoms with E-state index in [0.29, 0.717) is 11.8 Å². The topological polar surface area (TPSA) is 56.8 Å². The van der Waals surface area contributed by atoms with Gasteiger partial charge in [0.15, 0.2) is 5.65 Å². The van der Waals surface area contributed by atoms with Crippen LogP contribution in [0, 0.1) is 5.92 Å². The Bertz CT molecular complexity index is 556. The lowest BCUT2D eigenvalue weighted by Gasteiger charge is -2.31. The van der Waals surface area contributed by atoms with Gasteiger partial charge in [-0.05, 0) is 31.1 Å². The van der Waals surface area contributed by atoms with Crippen molar-refractivity contribution in [1.29, 1.82) is 0 Å². The molecule has 0 saturated carbocycles. The molecule has 2 aromatic heterocycles. The van der Waals surface area contributed by atoms with Crippen LogP contribution in [0.25, 0.3) is 11.2 Å². The highest BCUT2D eigenvalue weighted by Gasteiger charge is 2.26. The van der Waals surface area contributed by atoms with E-state index in [1.54, 1.807) is 0 Å². The van der Waals surface area contributed by atoms with Crippen molar-refractivity contribution in [3.63, 3.8) is 0 Å². The van der Waals surface area contributed by atoms with E-state index >= 15 is 0 Å². The molecule has 5 heteroatoms. The van der Waals surface area contributed by atoms with Crippen LogP contribution in [0.15, 0.2) is 12.1 Å². The second-order valence-electron chi connectivity index (χ2n) is 5.26. The zero-order valence-electron chi connectivity index (χ0n) is 11.1. The molecule has 0 aromatic carbocycles. The van der Waals surface area contributed by atoms with E-state index in [1.807, 2.05) is 25.1 Å². The summed E-state index contributed by atoms with van der Waals surface area (Å²) in [5.41, 5.74) is 1.84. The second kappa shape index (κ2) is 4.24. The zero-order valence-corrected chi connectivity index (χ0v) is 11.1. The minimum atomic E-state index is 0.461. The van der Waals surface area contributed by atoms with Crippen LogP contribution >= 0.6 is 0 Å². The zero-order chi connectivity index (χ0) is 12.7. The lowest BCUT2D eigenvalue weighted by molar-refractivity contribution is 0.297. The van der Waals surface area contributed by atoms with Gasteiger partial charge in [0.2, 0.25) is 0 Å². The highest BCUT2D eigenvalue weighted by atomic mass is 15.2. The third-order valence-electron chi connectivity index (χ3n) is 3.76. The normalized spacial score (nSPS) is 17.7. The Kier molecular flexibility index (Phi) is 2.70. The Balaban J connectivity index is 1.94. The van der Waals surface area contributed by atoms with E-state index in [9.17, 15) is 0 Å². The van der Waals surface area contributed by atoms with E-state index in [2.05, 4.69) is 33.3 Å². The number of fused-ring (bicyclic) bond motifs is 1. The summed E-state index contributed by atoms with van der Waals surface area (Å²) in [5, 5.41) is 3.31. The van der Waals surface area contributed by atoms with Gasteiger partial charge in [0.25, 0.3) is 0 Å². The standard InChI is InChI=1S/C13H19N5/c1-8(9-6-14-7-9)12-15-10-4-5-11(18(2)3)16-13(10)17-12/h4-5,8-9,14H,6-7H2,1-3H3,(H,15,16,17). The van der Waals surface area contributed by atoms with E-state index in [-0.39, 0.29) is 0 Å². The lowest BCUT2D eigenvalue weighted by atomic mass is 9.88. The maximum atomic E-state index is 4.64. The number of anilines is 1. The molecule has 1 fully saturated rings. The minimum Gasteiger partial charge on any atom is -0.363 e. The molecule has 5 nitrogen and oxygen atoms in total. The monoisotopic (exact) mass is 245 g/mol. The Labute approximate surface area is 107 Å². The van der Waals surface area contributed by atoms with Gasteiger partial charge in [0.1, 0.15) is 11.6 Å². The van der Waals surface area contributed by atoms with Gasteiger partial charge in [-0.25, -0.2) is 9.97 Å². The van der Waals surface area contributed by atoms with Crippen LogP contribution < -0.4 is 10.2 Å². The van der Waals surface area contributed by atoms with Crippen LogP contribution in [0.1, 0.15) is 18.7 Å². The van der Waals surface area contributed by atoms with Crippen LogP contribution in [-0.2, 0) is 0 Å². The smallest absolute Gasteiger partial charge is 0.179 e. The molecule has 2 aromatic rings. The molecule has 2 N–H and O–H groups in total. The molecule has 1 atom stereocenters. The maximum Gasteiger partial charge on any atom is 0.179 e. The molecule has 18 heavy (non-hydrogen) atoms. The van der Waals surface area contributed by atoms with Crippen LogP contribution in [0.4, 0.5) is 5.82 Å². The first kappa shape index (κ1) is 11.5. The van der Waals surface area contributed by atoms with Crippen LogP contribution in [-0.4, -0.2) is 42.1 Å². The fourth-order valence-corrected chi connectivity index (χ4v) is 2.25. The third kappa shape index (κ3) is 1.84. The average molecular weight is 245 g/mol. The SMILES string of the molecule is CC(c1nc2nc(N(C)C)ccc2[nH]1)C1CNC1. The molecule has 0 spiro atoms. The van der Waals surface area contributed by atoms with E-state index in [0.717, 1.165) is 35.9 Å². The lowest BCUT2D eigenvalue weighted by Crippen LogP contribution is -2.44. The molecule has 0 radical (unpaired) electrons. The molecular formula is C13H19N5. The number of nitrogens with one attached hydrogen (secondary N) is 2. The van der Waals surface area contributed by atoms with Crippen molar-refractivity contribution in [1.82, 2.24) is 20.3 Å². The van der Waals surface area contributed by atoms with E-state index in [4.69, 9.17) is 0 Å². The summed E-state index contributed by atoms with van der Waals surface area (Å²) in [6.07, 6.45) is 0. The number of imidazole rings is 1. The van der Waals surface area contributed by atoms with Gasteiger partial charge in [0, 0.05) is 20.0 Å². The van der Waals surface area contributed by atoms with Crippen molar-refractivity contribution in [3.8, 4) is 0 Å². The minimum absolute atomic E-state index is 0.461. The molecule has 1 aliphatic rings. The first-order chi connectivity index (χ1) is 8.65. The number of aromatic amines is 1. The van der Waals surface area contributed by atoms with Gasteiger partial charge < -0.3 is 15.2 Å². The van der Waals surface area contributed by atoms with Crippen molar-refractivity contribution in [2.45, 2.75) is 12.8 Å². The van der Waals surface area contributed by atoms with Crippen molar-refractivity contribution in [3.05, 3.63) is 18.0 Å². The fourth-order valence-electron chi connectivity index (χ4n) is 2.25. The predicted molar refractivity (Wildman–Crippen MR) is 73.0 cm³/mol. The third-order valence-corrected chi connectivity index (χ3v) is 3.76. The summed E-state index contributed by atoms with van der Waals surface area (Å²) < 4.78 is 0. The summed E-state index contributed by atoms with van der Waals surface area (Å²) in [7, 11) is 3.98. The van der Waals surface area contributed by atoms with Gasteiger partial charge >= 0.3 is 0 Å². The number of hydrogen-bond acceptors (Lipinski definition) is 4. The predicted octanol–water partition coefficient (Wildman–Crippen LogP) is 1.35. The van der Waals surface area contributed by atoms with Crippen molar-refractivity contribution in [2.75, 3.05) is 32.1 Å². The summed E-state index contributed by atoms with van der Waals surface area (Å²) >= 11 is 0. The molecule has 1 aliphatic heterocycles. The van der Waals surface area contributed by atoms with Gasteiger partial charge in [-0.1, -0.05) is 6.92 Å². The Hall–Kier alpha value is -1.62. The molecule has 1 saturated heterocycles. The summed E-state index contributed by atoms with van der Waals surface area (Å²) in [4.78, 5) is 14.6. The highest BCUT2D eigenvalue weighted by molar-refractivity contribution is 5.73. The first-order valence-electron chi connectivity index (χ1n) is 6.40. The molecule has 96 valence electrons. The highest BCUT2D eigenvalue weighted by Crippen LogP contribution is 2.26. The Morgan fingerprint density at radius 3 is 2.67 bits per heavy atom. The van der Waals surface area contributed by atoms with Crippen LogP contribution in [0.5, 0.6) is 0 Å². The number of rotatable bonds is 3. The maximum absolute atomic E-state index is 4.64. The van der Waals surface area contributed by atoms with Crippen molar-refractivity contribution >= 4 is 17.0 Å². The van der Waals surface area contributed by atoms with Gasteiger partial charge in [-0.3, -0.25) is 0 Å². The van der Waals surface area contributed by atoms with E-state index in [1.165, 1.54) is 0 Å². The second-order valence-corrected chi connectivity index (χ2v) is 5.26. The quantitative estimate of drug-likeness (QED) is 0.857. The number of aromatic nitrogens is 3. The summed E-state index contributed by atoms with van der Waals surface area (Å²) in [5.74, 6) is 3.15. The van der Waals surface area contributed by atoms with Crippen molar-refractivity contribution in [2.24, 2.45) is 5.92 Å². The van der Waals surface area contributed by atoms with Gasteiger partial charge in [-0.15, -0.1) is 0 Å². The van der Waals surface area contributed by atoms with E-state index < -0.39 is 0 Å². The van der Waals surface area contributed by atoms with Gasteiger partial charge in [0.05, 0.1) is 5.52 Å². The summed E-state index contributed by atoms with van der Waals surface area (Å²) in [6, 6.07) is 4.07. The molecule has 0 aliphatic carbocycles.